The van der Waals surface area contributed by atoms with Crippen molar-refractivity contribution in [2.45, 2.75) is 32.7 Å². The van der Waals surface area contributed by atoms with Gasteiger partial charge in [0.2, 0.25) is 0 Å². The molecule has 3 rings (SSSR count). The molecular formula is C15H21NO. The second kappa shape index (κ2) is 4.34. The smallest absolute Gasteiger partial charge is 0.127 e. The van der Waals surface area contributed by atoms with E-state index in [-0.39, 0.29) is 0 Å². The van der Waals surface area contributed by atoms with Gasteiger partial charge in [-0.1, -0.05) is 32.0 Å². The van der Waals surface area contributed by atoms with Crippen LogP contribution >= 0.6 is 0 Å². The molecule has 3 unspecified atom stereocenters. The molecule has 2 heteroatoms. The lowest BCUT2D eigenvalue weighted by molar-refractivity contribution is 0.344. The topological polar surface area (TPSA) is 21.3 Å². The monoisotopic (exact) mass is 231 g/mol. The van der Waals surface area contributed by atoms with Crippen molar-refractivity contribution in [3.05, 3.63) is 29.3 Å². The Morgan fingerprint density at radius 1 is 1.47 bits per heavy atom. The van der Waals surface area contributed by atoms with Crippen LogP contribution in [0.3, 0.4) is 0 Å². The number of hydrogen-bond donors (Lipinski definition) is 1. The Morgan fingerprint density at radius 2 is 2.29 bits per heavy atom. The maximum Gasteiger partial charge on any atom is 0.127 e. The van der Waals surface area contributed by atoms with E-state index < -0.39 is 0 Å². The molecule has 0 aromatic heterocycles. The first-order valence-corrected chi connectivity index (χ1v) is 6.79. The third-order valence-electron chi connectivity index (χ3n) is 4.10. The highest BCUT2D eigenvalue weighted by Crippen LogP contribution is 2.49. The van der Waals surface area contributed by atoms with E-state index in [1.807, 2.05) is 0 Å². The van der Waals surface area contributed by atoms with Crippen LogP contribution in [0.4, 0.5) is 0 Å². The standard InChI is InChI=1S/C15H21NO/c1-3-16-14(13-9-10(13)2)12-6-4-5-11-7-8-17-15(11)12/h4-6,10,13-14,16H,3,7-9H2,1-2H3. The van der Waals surface area contributed by atoms with Gasteiger partial charge in [-0.15, -0.1) is 0 Å². The lowest BCUT2D eigenvalue weighted by Gasteiger charge is -2.20. The molecule has 1 aliphatic heterocycles. The molecule has 2 nitrogen and oxygen atoms in total. The molecule has 0 saturated heterocycles. The first-order chi connectivity index (χ1) is 8.31. The summed E-state index contributed by atoms with van der Waals surface area (Å²) in [7, 11) is 0. The third kappa shape index (κ3) is 1.95. The van der Waals surface area contributed by atoms with Gasteiger partial charge in [-0.25, -0.2) is 0 Å². The van der Waals surface area contributed by atoms with Gasteiger partial charge in [0, 0.05) is 18.0 Å². The number of benzene rings is 1. The van der Waals surface area contributed by atoms with Gasteiger partial charge in [-0.05, 0) is 30.4 Å². The Labute approximate surface area is 103 Å². The molecular weight excluding hydrogens is 210 g/mol. The molecule has 0 amide bonds. The van der Waals surface area contributed by atoms with E-state index in [0.29, 0.717) is 6.04 Å². The Kier molecular flexibility index (Phi) is 2.83. The maximum atomic E-state index is 5.83. The fourth-order valence-electron chi connectivity index (χ4n) is 3.01. The van der Waals surface area contributed by atoms with E-state index in [0.717, 1.165) is 37.2 Å². The number of fused-ring (bicyclic) bond motifs is 1. The molecule has 1 saturated carbocycles. The fraction of sp³-hybridized carbons (Fsp3) is 0.600. The molecule has 0 bridgehead atoms. The summed E-state index contributed by atoms with van der Waals surface area (Å²) in [5.74, 6) is 2.82. The summed E-state index contributed by atoms with van der Waals surface area (Å²) in [6.07, 6.45) is 2.42. The van der Waals surface area contributed by atoms with Crippen LogP contribution in [0.25, 0.3) is 0 Å². The van der Waals surface area contributed by atoms with Crippen molar-refractivity contribution in [1.82, 2.24) is 5.32 Å². The maximum absolute atomic E-state index is 5.83. The number of para-hydroxylation sites is 1. The Bertz CT molecular complexity index is 415. The van der Waals surface area contributed by atoms with Crippen LogP contribution in [0.1, 0.15) is 37.4 Å². The molecule has 0 radical (unpaired) electrons. The lowest BCUT2D eigenvalue weighted by Crippen LogP contribution is -2.23. The van der Waals surface area contributed by atoms with Crippen molar-refractivity contribution >= 4 is 0 Å². The zero-order valence-corrected chi connectivity index (χ0v) is 10.7. The average Bonchev–Trinajstić information content (AvgIpc) is 2.88. The molecule has 1 N–H and O–H groups in total. The average molecular weight is 231 g/mol. The van der Waals surface area contributed by atoms with Crippen LogP contribution in [0, 0.1) is 11.8 Å². The Balaban J connectivity index is 1.93. The van der Waals surface area contributed by atoms with Crippen molar-refractivity contribution in [2.24, 2.45) is 11.8 Å². The van der Waals surface area contributed by atoms with Gasteiger partial charge < -0.3 is 10.1 Å². The quantitative estimate of drug-likeness (QED) is 0.860. The van der Waals surface area contributed by atoms with Crippen LogP contribution < -0.4 is 10.1 Å². The van der Waals surface area contributed by atoms with E-state index in [1.54, 1.807) is 0 Å². The number of nitrogens with one attached hydrogen (secondary N) is 1. The van der Waals surface area contributed by atoms with Gasteiger partial charge in [-0.3, -0.25) is 0 Å². The minimum absolute atomic E-state index is 0.489. The van der Waals surface area contributed by atoms with Crippen LogP contribution in [0.15, 0.2) is 18.2 Å². The first kappa shape index (κ1) is 11.1. The van der Waals surface area contributed by atoms with Gasteiger partial charge in [0.05, 0.1) is 6.61 Å². The van der Waals surface area contributed by atoms with Crippen molar-refractivity contribution in [3.8, 4) is 5.75 Å². The zero-order chi connectivity index (χ0) is 11.8. The predicted octanol–water partition coefficient (Wildman–Crippen LogP) is 2.93. The number of ether oxygens (including phenoxy) is 1. The Hall–Kier alpha value is -1.02. The van der Waals surface area contributed by atoms with Crippen molar-refractivity contribution in [1.29, 1.82) is 0 Å². The largest absolute Gasteiger partial charge is 0.493 e. The molecule has 2 aliphatic rings. The molecule has 1 aromatic rings. The summed E-state index contributed by atoms with van der Waals surface area (Å²) in [4.78, 5) is 0. The van der Waals surface area contributed by atoms with Gasteiger partial charge in [0.1, 0.15) is 5.75 Å². The van der Waals surface area contributed by atoms with E-state index >= 15 is 0 Å². The highest BCUT2D eigenvalue weighted by molar-refractivity contribution is 5.46. The van der Waals surface area contributed by atoms with Crippen molar-refractivity contribution in [3.63, 3.8) is 0 Å². The van der Waals surface area contributed by atoms with E-state index in [4.69, 9.17) is 4.74 Å². The van der Waals surface area contributed by atoms with E-state index in [9.17, 15) is 0 Å². The zero-order valence-electron chi connectivity index (χ0n) is 10.7. The first-order valence-electron chi connectivity index (χ1n) is 6.79. The van der Waals surface area contributed by atoms with Crippen molar-refractivity contribution in [2.75, 3.05) is 13.2 Å². The van der Waals surface area contributed by atoms with E-state index in [2.05, 4.69) is 37.4 Å². The molecule has 1 heterocycles. The molecule has 92 valence electrons. The summed E-state index contributed by atoms with van der Waals surface area (Å²) in [5, 5.41) is 3.64. The number of rotatable bonds is 4. The third-order valence-corrected chi connectivity index (χ3v) is 4.10. The highest BCUT2D eigenvalue weighted by Gasteiger charge is 2.41. The van der Waals surface area contributed by atoms with Gasteiger partial charge in [-0.2, -0.15) is 0 Å². The van der Waals surface area contributed by atoms with Crippen LogP contribution in [0.2, 0.25) is 0 Å². The normalized spacial score (nSPS) is 27.4. The van der Waals surface area contributed by atoms with Gasteiger partial charge in [0.25, 0.3) is 0 Å². The van der Waals surface area contributed by atoms with Gasteiger partial charge in [0.15, 0.2) is 0 Å². The molecule has 0 spiro atoms. The SMILES string of the molecule is CCNC(c1cccc2c1OCC2)C1CC1C. The molecule has 1 aliphatic carbocycles. The number of hydrogen-bond acceptors (Lipinski definition) is 2. The summed E-state index contributed by atoms with van der Waals surface area (Å²) in [5.41, 5.74) is 2.77. The lowest BCUT2D eigenvalue weighted by atomic mass is 9.97. The van der Waals surface area contributed by atoms with Crippen LogP contribution in [0.5, 0.6) is 5.75 Å². The molecule has 1 aromatic carbocycles. The van der Waals surface area contributed by atoms with Crippen molar-refractivity contribution < 1.29 is 4.74 Å². The summed E-state index contributed by atoms with van der Waals surface area (Å²) in [6, 6.07) is 7.11. The molecule has 1 fully saturated rings. The summed E-state index contributed by atoms with van der Waals surface area (Å²) < 4.78 is 5.83. The fourth-order valence-corrected chi connectivity index (χ4v) is 3.01. The van der Waals surface area contributed by atoms with Gasteiger partial charge >= 0.3 is 0 Å². The Morgan fingerprint density at radius 3 is 3.00 bits per heavy atom. The summed E-state index contributed by atoms with van der Waals surface area (Å²) in [6.45, 7) is 6.41. The predicted molar refractivity (Wildman–Crippen MR) is 69.3 cm³/mol. The minimum Gasteiger partial charge on any atom is -0.493 e. The van der Waals surface area contributed by atoms with Crippen LogP contribution in [-0.2, 0) is 6.42 Å². The molecule has 17 heavy (non-hydrogen) atoms. The summed E-state index contributed by atoms with van der Waals surface area (Å²) >= 11 is 0. The second-order valence-electron chi connectivity index (χ2n) is 5.35. The minimum atomic E-state index is 0.489. The van der Waals surface area contributed by atoms with Crippen LogP contribution in [-0.4, -0.2) is 13.2 Å². The highest BCUT2D eigenvalue weighted by atomic mass is 16.5. The van der Waals surface area contributed by atoms with E-state index in [1.165, 1.54) is 17.5 Å². The molecule has 3 atom stereocenters. The second-order valence-corrected chi connectivity index (χ2v) is 5.35.